The Morgan fingerprint density at radius 1 is 1.33 bits per heavy atom. The molecule has 1 aromatic heterocycles. The Hall–Kier alpha value is -2.01. The van der Waals surface area contributed by atoms with Gasteiger partial charge in [-0.15, -0.1) is 0 Å². The molecule has 1 unspecified atom stereocenters. The van der Waals surface area contributed by atoms with Crippen molar-refractivity contribution < 1.29 is 14.6 Å². The lowest BCUT2D eigenvalue weighted by molar-refractivity contribution is 0.0687. The lowest BCUT2D eigenvalue weighted by Gasteiger charge is -2.15. The number of nitrogens with zero attached hydrogens (tertiary/aromatic N) is 2. The second-order valence-corrected chi connectivity index (χ2v) is 7.22. The van der Waals surface area contributed by atoms with Crippen LogP contribution in [0, 0.1) is 5.92 Å². The number of likely N-dealkylation sites (tertiary alicyclic amines) is 1. The Morgan fingerprint density at radius 3 is 2.67 bits per heavy atom. The maximum Gasteiger partial charge on any atom is 0.352 e. The molecule has 0 saturated carbocycles. The summed E-state index contributed by atoms with van der Waals surface area (Å²) in [4.78, 5) is 13.8. The lowest BCUT2D eigenvalue weighted by Crippen LogP contribution is -2.18. The van der Waals surface area contributed by atoms with Crippen molar-refractivity contribution in [2.75, 3.05) is 26.7 Å². The minimum absolute atomic E-state index is 0.303. The number of ether oxygens (including phenoxy) is 1. The van der Waals surface area contributed by atoms with Crippen molar-refractivity contribution in [1.82, 2.24) is 9.47 Å². The van der Waals surface area contributed by atoms with Crippen molar-refractivity contribution in [3.8, 4) is 5.75 Å². The Balaban J connectivity index is 1.93. The van der Waals surface area contributed by atoms with Gasteiger partial charge in [-0.2, -0.15) is 0 Å². The number of aromatic carboxylic acids is 1. The van der Waals surface area contributed by atoms with Crippen molar-refractivity contribution in [1.29, 1.82) is 0 Å². The molecule has 0 radical (unpaired) electrons. The standard InChI is InChI=1S/C19H26N2O3/c1-12(2)15-7-14(24-11-13-5-6-20(3)10-13)8-17-16(15)9-18(19(22)23)21(17)4/h7-9,12-13H,5-6,10-11H2,1-4H3,(H,22,23). The van der Waals surface area contributed by atoms with Crippen molar-refractivity contribution in [3.63, 3.8) is 0 Å². The van der Waals surface area contributed by atoms with E-state index in [0.29, 0.717) is 24.1 Å². The van der Waals surface area contributed by atoms with Gasteiger partial charge in [0, 0.05) is 31.0 Å². The van der Waals surface area contributed by atoms with Crippen molar-refractivity contribution in [3.05, 3.63) is 29.5 Å². The number of aromatic nitrogens is 1. The number of hydrogen-bond donors (Lipinski definition) is 1. The van der Waals surface area contributed by atoms with E-state index in [-0.39, 0.29) is 0 Å². The third-order valence-electron chi connectivity index (χ3n) is 4.98. The summed E-state index contributed by atoms with van der Waals surface area (Å²) in [5.74, 6) is 0.799. The average molecular weight is 330 g/mol. The van der Waals surface area contributed by atoms with Gasteiger partial charge in [-0.3, -0.25) is 0 Å². The molecule has 5 heteroatoms. The Labute approximate surface area is 142 Å². The van der Waals surface area contributed by atoms with Gasteiger partial charge in [0.15, 0.2) is 0 Å². The summed E-state index contributed by atoms with van der Waals surface area (Å²) in [5.41, 5.74) is 2.35. The first-order chi connectivity index (χ1) is 11.4. The molecule has 0 bridgehead atoms. The zero-order valence-corrected chi connectivity index (χ0v) is 14.9. The van der Waals surface area contributed by atoms with Gasteiger partial charge in [0.05, 0.1) is 12.1 Å². The van der Waals surface area contributed by atoms with Gasteiger partial charge in [0.2, 0.25) is 0 Å². The second kappa shape index (κ2) is 6.48. The van der Waals surface area contributed by atoms with Gasteiger partial charge >= 0.3 is 5.97 Å². The molecule has 3 rings (SSSR count). The van der Waals surface area contributed by atoms with E-state index in [1.165, 1.54) is 6.42 Å². The Kier molecular flexibility index (Phi) is 4.54. The van der Waals surface area contributed by atoms with Crippen LogP contribution < -0.4 is 4.74 Å². The van der Waals surface area contributed by atoms with Crippen LogP contribution >= 0.6 is 0 Å². The molecular weight excluding hydrogens is 304 g/mol. The predicted molar refractivity (Wildman–Crippen MR) is 95.1 cm³/mol. The molecule has 1 atom stereocenters. The molecule has 1 aliphatic heterocycles. The van der Waals surface area contributed by atoms with Gasteiger partial charge in [-0.1, -0.05) is 13.8 Å². The molecule has 0 amide bonds. The largest absolute Gasteiger partial charge is 0.493 e. The first kappa shape index (κ1) is 16.8. The van der Waals surface area contributed by atoms with Crippen molar-refractivity contribution >= 4 is 16.9 Å². The van der Waals surface area contributed by atoms with Gasteiger partial charge in [0.1, 0.15) is 11.4 Å². The number of hydrogen-bond acceptors (Lipinski definition) is 3. The zero-order valence-electron chi connectivity index (χ0n) is 14.9. The summed E-state index contributed by atoms with van der Waals surface area (Å²) in [5, 5.41) is 10.4. The minimum atomic E-state index is -0.903. The highest BCUT2D eigenvalue weighted by atomic mass is 16.5. The van der Waals surface area contributed by atoms with Crippen LogP contribution in [0.3, 0.4) is 0 Å². The normalized spacial score (nSPS) is 18.6. The van der Waals surface area contributed by atoms with E-state index >= 15 is 0 Å². The number of benzene rings is 1. The fourth-order valence-electron chi connectivity index (χ4n) is 3.57. The van der Waals surface area contributed by atoms with Crippen molar-refractivity contribution in [2.45, 2.75) is 26.2 Å². The maximum absolute atomic E-state index is 11.4. The van der Waals surface area contributed by atoms with Crippen LogP contribution in [0.1, 0.15) is 42.2 Å². The second-order valence-electron chi connectivity index (χ2n) is 7.22. The van der Waals surface area contributed by atoms with E-state index in [4.69, 9.17) is 4.74 Å². The van der Waals surface area contributed by atoms with Gasteiger partial charge in [0.25, 0.3) is 0 Å². The third-order valence-corrected chi connectivity index (χ3v) is 4.98. The zero-order chi connectivity index (χ0) is 17.4. The Bertz CT molecular complexity index is 764. The molecule has 0 spiro atoms. The highest BCUT2D eigenvalue weighted by Crippen LogP contribution is 2.33. The summed E-state index contributed by atoms with van der Waals surface area (Å²) in [6.45, 7) is 7.16. The molecule has 0 aliphatic carbocycles. The molecule has 2 aromatic rings. The first-order valence-corrected chi connectivity index (χ1v) is 8.54. The molecule has 1 N–H and O–H groups in total. The smallest absolute Gasteiger partial charge is 0.352 e. The number of carboxylic acid groups (broad SMARTS) is 1. The van der Waals surface area contributed by atoms with E-state index in [1.807, 2.05) is 6.07 Å². The van der Waals surface area contributed by atoms with Crippen LogP contribution in [0.25, 0.3) is 10.9 Å². The number of fused-ring (bicyclic) bond motifs is 1. The SMILES string of the molecule is CC(C)c1cc(OCC2CCN(C)C2)cc2c1cc(C(=O)O)n2C. The topological polar surface area (TPSA) is 54.7 Å². The van der Waals surface area contributed by atoms with Crippen LogP contribution in [0.15, 0.2) is 18.2 Å². The van der Waals surface area contributed by atoms with E-state index in [9.17, 15) is 9.90 Å². The number of carbonyl (C=O) groups is 1. The van der Waals surface area contributed by atoms with Crippen LogP contribution in [-0.2, 0) is 7.05 Å². The van der Waals surface area contributed by atoms with Gasteiger partial charge in [-0.05, 0) is 43.6 Å². The molecule has 130 valence electrons. The van der Waals surface area contributed by atoms with Crippen LogP contribution in [-0.4, -0.2) is 47.3 Å². The van der Waals surface area contributed by atoms with Crippen LogP contribution in [0.5, 0.6) is 5.75 Å². The summed E-state index contributed by atoms with van der Waals surface area (Å²) >= 11 is 0. The highest BCUT2D eigenvalue weighted by Gasteiger charge is 2.21. The molecular formula is C19H26N2O3. The first-order valence-electron chi connectivity index (χ1n) is 8.54. The summed E-state index contributed by atoms with van der Waals surface area (Å²) in [7, 11) is 3.94. The third kappa shape index (κ3) is 3.13. The molecule has 1 aromatic carbocycles. The van der Waals surface area contributed by atoms with E-state index in [2.05, 4.69) is 31.9 Å². The average Bonchev–Trinajstić information content (AvgIpc) is 3.08. The Morgan fingerprint density at radius 2 is 2.08 bits per heavy atom. The number of rotatable bonds is 5. The lowest BCUT2D eigenvalue weighted by atomic mass is 9.98. The molecule has 1 fully saturated rings. The van der Waals surface area contributed by atoms with E-state index in [1.54, 1.807) is 17.7 Å². The van der Waals surface area contributed by atoms with Crippen molar-refractivity contribution in [2.24, 2.45) is 13.0 Å². The molecule has 1 saturated heterocycles. The number of carboxylic acids is 1. The maximum atomic E-state index is 11.4. The minimum Gasteiger partial charge on any atom is -0.493 e. The molecule has 5 nitrogen and oxygen atoms in total. The molecule has 2 heterocycles. The fraction of sp³-hybridized carbons (Fsp3) is 0.526. The summed E-state index contributed by atoms with van der Waals surface area (Å²) < 4.78 is 7.81. The van der Waals surface area contributed by atoms with E-state index < -0.39 is 5.97 Å². The predicted octanol–water partition coefficient (Wildman–Crippen LogP) is 3.33. The fourth-order valence-corrected chi connectivity index (χ4v) is 3.57. The highest BCUT2D eigenvalue weighted by molar-refractivity contribution is 5.96. The summed E-state index contributed by atoms with van der Waals surface area (Å²) in [6, 6.07) is 5.80. The summed E-state index contributed by atoms with van der Waals surface area (Å²) in [6.07, 6.45) is 1.17. The van der Waals surface area contributed by atoms with Crippen LogP contribution in [0.2, 0.25) is 0 Å². The molecule has 1 aliphatic rings. The quantitative estimate of drug-likeness (QED) is 0.913. The van der Waals surface area contributed by atoms with Crippen LogP contribution in [0.4, 0.5) is 0 Å². The van der Waals surface area contributed by atoms with Gasteiger partial charge in [-0.25, -0.2) is 4.79 Å². The molecule has 24 heavy (non-hydrogen) atoms. The van der Waals surface area contributed by atoms with E-state index in [0.717, 1.165) is 35.3 Å². The number of aryl methyl sites for hydroxylation is 1. The van der Waals surface area contributed by atoms with Gasteiger partial charge < -0.3 is 19.3 Å². The monoisotopic (exact) mass is 330 g/mol.